The van der Waals surface area contributed by atoms with Gasteiger partial charge in [0.25, 0.3) is 5.56 Å². The topological polar surface area (TPSA) is 34.4 Å². The summed E-state index contributed by atoms with van der Waals surface area (Å²) in [5, 5.41) is 3.82. The molecule has 0 unspecified atom stereocenters. The Kier molecular flexibility index (Phi) is 5.10. The summed E-state index contributed by atoms with van der Waals surface area (Å²) in [6, 6.07) is 41.8. The van der Waals surface area contributed by atoms with E-state index in [0.29, 0.717) is 11.0 Å². The summed E-state index contributed by atoms with van der Waals surface area (Å²) in [5.41, 5.74) is 11.3. The number of rotatable bonds is 3. The van der Waals surface area contributed by atoms with E-state index in [9.17, 15) is 4.79 Å². The molecule has 0 saturated carbocycles. The molecule has 0 amide bonds. The molecule has 3 nitrogen and oxygen atoms in total. The lowest BCUT2D eigenvalue weighted by molar-refractivity contribution is 1.19. The number of pyridine rings is 1. The fourth-order valence-corrected chi connectivity index (χ4v) is 6.47. The molecule has 0 radical (unpaired) electrons. The van der Waals surface area contributed by atoms with E-state index in [2.05, 4.69) is 105 Å². The first-order valence-electron chi connectivity index (χ1n) is 13.9. The van der Waals surface area contributed by atoms with Crippen LogP contribution in [0.4, 0.5) is 0 Å². The molecular weight excluding hydrogens is 500 g/mol. The van der Waals surface area contributed by atoms with Crippen molar-refractivity contribution in [1.82, 2.24) is 9.38 Å². The van der Waals surface area contributed by atoms with Crippen LogP contribution in [0.25, 0.3) is 71.6 Å². The Morgan fingerprint density at radius 3 is 1.98 bits per heavy atom. The van der Waals surface area contributed by atoms with E-state index >= 15 is 0 Å². The van der Waals surface area contributed by atoms with Gasteiger partial charge < -0.3 is 0 Å². The second-order valence-electron chi connectivity index (χ2n) is 10.9. The minimum absolute atomic E-state index is 0.0356. The monoisotopic (exact) mass is 526 g/mol. The third kappa shape index (κ3) is 3.46. The molecule has 194 valence electrons. The number of benzene rings is 6. The van der Waals surface area contributed by atoms with Gasteiger partial charge in [0, 0.05) is 21.7 Å². The lowest BCUT2D eigenvalue weighted by Gasteiger charge is -2.16. The second kappa shape index (κ2) is 8.87. The van der Waals surface area contributed by atoms with Gasteiger partial charge in [-0.05, 0) is 82.4 Å². The molecule has 0 saturated heterocycles. The highest BCUT2D eigenvalue weighted by molar-refractivity contribution is 6.20. The largest absolute Gasteiger partial charge is 0.268 e. The summed E-state index contributed by atoms with van der Waals surface area (Å²) in [5.74, 6) is 0. The van der Waals surface area contributed by atoms with Crippen LogP contribution in [-0.2, 0) is 0 Å². The molecule has 6 aromatic carbocycles. The minimum atomic E-state index is -0.0356. The van der Waals surface area contributed by atoms with Gasteiger partial charge in [-0.15, -0.1) is 0 Å². The predicted octanol–water partition coefficient (Wildman–Crippen LogP) is 9.21. The van der Waals surface area contributed by atoms with Crippen molar-refractivity contribution in [2.75, 3.05) is 0 Å². The first-order valence-corrected chi connectivity index (χ1v) is 13.9. The molecule has 2 aromatic heterocycles. The van der Waals surface area contributed by atoms with Crippen molar-refractivity contribution in [3.05, 3.63) is 143 Å². The first-order chi connectivity index (χ1) is 20.1. The summed E-state index contributed by atoms with van der Waals surface area (Å²) in [6.45, 7) is 4.27. The van der Waals surface area contributed by atoms with Crippen LogP contribution >= 0.6 is 0 Å². The number of nitrogens with zero attached hydrogens (tertiary/aromatic N) is 2. The van der Waals surface area contributed by atoms with Crippen molar-refractivity contribution in [3.63, 3.8) is 0 Å². The summed E-state index contributed by atoms with van der Waals surface area (Å²) < 4.78 is 1.84. The van der Waals surface area contributed by atoms with E-state index in [0.717, 1.165) is 60.6 Å². The highest BCUT2D eigenvalue weighted by Gasteiger charge is 2.22. The number of hydrogen-bond donors (Lipinski definition) is 0. The van der Waals surface area contributed by atoms with Crippen molar-refractivity contribution < 1.29 is 0 Å². The zero-order chi connectivity index (χ0) is 27.7. The Balaban J connectivity index is 1.55. The zero-order valence-electron chi connectivity index (χ0n) is 22.8. The van der Waals surface area contributed by atoms with Gasteiger partial charge in [0.2, 0.25) is 0 Å². The van der Waals surface area contributed by atoms with Gasteiger partial charge in [-0.1, -0.05) is 97.1 Å². The number of hydrogen-bond acceptors (Lipinski definition) is 2. The Hall–Kier alpha value is -5.28. The Labute approximate surface area is 237 Å². The molecule has 8 aromatic rings. The highest BCUT2D eigenvalue weighted by atomic mass is 16.1. The van der Waals surface area contributed by atoms with Gasteiger partial charge in [0.1, 0.15) is 5.65 Å². The van der Waals surface area contributed by atoms with Crippen molar-refractivity contribution in [1.29, 1.82) is 0 Å². The van der Waals surface area contributed by atoms with Crippen LogP contribution < -0.4 is 5.56 Å². The van der Waals surface area contributed by atoms with Crippen molar-refractivity contribution in [2.45, 2.75) is 13.8 Å². The van der Waals surface area contributed by atoms with Gasteiger partial charge in [0.05, 0.1) is 11.0 Å². The zero-order valence-corrected chi connectivity index (χ0v) is 22.8. The lowest BCUT2D eigenvalue weighted by atomic mass is 9.90. The molecule has 0 aliphatic heterocycles. The Morgan fingerprint density at radius 2 is 1.22 bits per heavy atom. The van der Waals surface area contributed by atoms with Crippen molar-refractivity contribution in [3.8, 4) is 33.4 Å². The number of imidazole rings is 1. The molecule has 2 heterocycles. The van der Waals surface area contributed by atoms with E-state index in [-0.39, 0.29) is 5.56 Å². The smallest absolute Gasteiger partial charge is 0.264 e. The molecular formula is C38H26N2O. The van der Waals surface area contributed by atoms with Crippen LogP contribution in [0, 0.1) is 13.8 Å². The van der Waals surface area contributed by atoms with E-state index in [1.54, 1.807) is 0 Å². The summed E-state index contributed by atoms with van der Waals surface area (Å²) in [6.07, 6.45) is 0. The molecule has 0 aliphatic carbocycles. The molecule has 0 spiro atoms. The summed E-state index contributed by atoms with van der Waals surface area (Å²) in [4.78, 5) is 19.6. The molecule has 0 fully saturated rings. The van der Waals surface area contributed by atoms with Crippen LogP contribution in [0.2, 0.25) is 0 Å². The van der Waals surface area contributed by atoms with Crippen molar-refractivity contribution >= 4 is 38.2 Å². The predicted molar refractivity (Wildman–Crippen MR) is 171 cm³/mol. The number of fused-ring (bicyclic) bond motifs is 4. The van der Waals surface area contributed by atoms with E-state index < -0.39 is 0 Å². The highest BCUT2D eigenvalue weighted by Crippen LogP contribution is 2.40. The Morgan fingerprint density at radius 1 is 0.537 bits per heavy atom. The van der Waals surface area contributed by atoms with Crippen LogP contribution in [0.3, 0.4) is 0 Å². The fourth-order valence-electron chi connectivity index (χ4n) is 6.47. The third-order valence-electron chi connectivity index (χ3n) is 8.42. The maximum absolute atomic E-state index is 14.5. The first kappa shape index (κ1) is 23.6. The lowest BCUT2D eigenvalue weighted by Crippen LogP contribution is -2.14. The SMILES string of the molecule is Cc1ccccc1-c1ccc2c3c1c(C)ccc3c(=O)n1c2nc2cc(-c3ccccc3)cc(-c3ccccc3)c21. The van der Waals surface area contributed by atoms with Gasteiger partial charge >= 0.3 is 0 Å². The molecule has 0 N–H and O–H groups in total. The van der Waals surface area contributed by atoms with Crippen LogP contribution in [0.15, 0.2) is 126 Å². The summed E-state index contributed by atoms with van der Waals surface area (Å²) >= 11 is 0. The quantitative estimate of drug-likeness (QED) is 0.230. The third-order valence-corrected chi connectivity index (χ3v) is 8.42. The molecule has 0 atom stereocenters. The standard InChI is InChI=1S/C38H26N2O/c1-23-11-9-10-16-28(23)29-19-20-30-35-31(18-17-24(2)34(29)35)38(41)40-36-32(26-14-7-4-8-15-26)21-27(22-33(36)39-37(30)40)25-12-5-3-6-13-25/h3-22H,1-2H3. The van der Waals surface area contributed by atoms with Crippen LogP contribution in [0.5, 0.6) is 0 Å². The Bertz CT molecular complexity index is 2330. The van der Waals surface area contributed by atoms with E-state index in [1.165, 1.54) is 11.1 Å². The van der Waals surface area contributed by atoms with Crippen LogP contribution in [0.1, 0.15) is 11.1 Å². The maximum Gasteiger partial charge on any atom is 0.264 e. The second-order valence-corrected chi connectivity index (χ2v) is 10.9. The fraction of sp³-hybridized carbons (Fsp3) is 0.0526. The number of aryl methyl sites for hydroxylation is 2. The molecule has 3 heteroatoms. The summed E-state index contributed by atoms with van der Waals surface area (Å²) in [7, 11) is 0. The molecule has 41 heavy (non-hydrogen) atoms. The minimum Gasteiger partial charge on any atom is -0.268 e. The number of aromatic nitrogens is 2. The molecule has 0 bridgehead atoms. The average Bonchev–Trinajstić information content (AvgIpc) is 3.41. The van der Waals surface area contributed by atoms with E-state index in [1.807, 2.05) is 34.7 Å². The maximum atomic E-state index is 14.5. The van der Waals surface area contributed by atoms with E-state index in [4.69, 9.17) is 4.98 Å². The van der Waals surface area contributed by atoms with Gasteiger partial charge in [-0.2, -0.15) is 0 Å². The molecule has 8 rings (SSSR count). The normalized spacial score (nSPS) is 11.8. The van der Waals surface area contributed by atoms with Gasteiger partial charge in [-0.25, -0.2) is 4.98 Å². The van der Waals surface area contributed by atoms with Gasteiger partial charge in [0.15, 0.2) is 0 Å². The average molecular weight is 527 g/mol. The van der Waals surface area contributed by atoms with Crippen LogP contribution in [-0.4, -0.2) is 9.38 Å². The molecule has 0 aliphatic rings. The van der Waals surface area contributed by atoms with Gasteiger partial charge in [-0.3, -0.25) is 9.20 Å². The van der Waals surface area contributed by atoms with Crippen molar-refractivity contribution in [2.24, 2.45) is 0 Å².